The van der Waals surface area contributed by atoms with Gasteiger partial charge in [-0.15, -0.1) is 0 Å². The summed E-state index contributed by atoms with van der Waals surface area (Å²) in [7, 11) is 0. The molecule has 0 aliphatic heterocycles. The van der Waals surface area contributed by atoms with Gasteiger partial charge in [0.05, 0.1) is 5.60 Å². The van der Waals surface area contributed by atoms with Crippen LogP contribution in [0.1, 0.15) is 126 Å². The summed E-state index contributed by atoms with van der Waals surface area (Å²) < 4.78 is 0. The highest BCUT2D eigenvalue weighted by Crippen LogP contribution is 2.67. The van der Waals surface area contributed by atoms with Crippen molar-refractivity contribution in [1.29, 1.82) is 0 Å². The van der Waals surface area contributed by atoms with Crippen molar-refractivity contribution in [2.45, 2.75) is 131 Å². The third-order valence-corrected chi connectivity index (χ3v) is 11.6. The molecule has 31 heavy (non-hydrogen) atoms. The lowest BCUT2D eigenvalue weighted by Gasteiger charge is -2.59. The molecule has 0 heterocycles. The monoisotopic (exact) mass is 428 g/mol. The lowest BCUT2D eigenvalue weighted by Crippen LogP contribution is -2.52. The van der Waals surface area contributed by atoms with E-state index in [1.165, 1.54) is 64.2 Å². The van der Waals surface area contributed by atoms with Crippen molar-refractivity contribution >= 4 is 0 Å². The average Bonchev–Trinajstić information content (AvgIpc) is 3.05. The van der Waals surface area contributed by atoms with E-state index < -0.39 is 5.60 Å². The Balaban J connectivity index is 1.46. The van der Waals surface area contributed by atoms with E-state index in [9.17, 15) is 5.11 Å². The molecule has 178 valence electrons. The highest BCUT2D eigenvalue weighted by molar-refractivity contribution is 5.26. The van der Waals surface area contributed by atoms with Gasteiger partial charge in [-0.1, -0.05) is 72.5 Å². The van der Waals surface area contributed by atoms with Crippen molar-refractivity contribution in [1.82, 2.24) is 0 Å². The zero-order chi connectivity index (χ0) is 22.7. The second-order valence-corrected chi connectivity index (χ2v) is 14.0. The van der Waals surface area contributed by atoms with Crippen LogP contribution < -0.4 is 0 Å². The molecule has 3 fully saturated rings. The minimum atomic E-state index is -0.471. The molecule has 0 amide bonds. The Morgan fingerprint density at radius 2 is 1.81 bits per heavy atom. The number of fused-ring (bicyclic) bond motifs is 5. The van der Waals surface area contributed by atoms with Crippen molar-refractivity contribution in [3.63, 3.8) is 0 Å². The van der Waals surface area contributed by atoms with E-state index in [0.717, 1.165) is 42.4 Å². The molecule has 0 aromatic heterocycles. The maximum absolute atomic E-state index is 10.7. The van der Waals surface area contributed by atoms with E-state index in [-0.39, 0.29) is 0 Å². The first-order valence-corrected chi connectivity index (χ1v) is 13.8. The van der Waals surface area contributed by atoms with Gasteiger partial charge in [0.15, 0.2) is 0 Å². The van der Waals surface area contributed by atoms with Crippen LogP contribution in [0.3, 0.4) is 0 Å². The van der Waals surface area contributed by atoms with E-state index in [1.807, 2.05) is 0 Å². The molecule has 8 atom stereocenters. The third-order valence-electron chi connectivity index (χ3n) is 11.6. The van der Waals surface area contributed by atoms with Crippen LogP contribution in [0.4, 0.5) is 0 Å². The van der Waals surface area contributed by atoms with Crippen LogP contribution in [0, 0.1) is 45.8 Å². The van der Waals surface area contributed by atoms with Crippen molar-refractivity contribution in [3.05, 3.63) is 11.6 Å². The van der Waals surface area contributed by atoms with Gasteiger partial charge in [-0.2, -0.15) is 0 Å². The maximum Gasteiger partial charge on any atom is 0.0657 e. The van der Waals surface area contributed by atoms with Gasteiger partial charge in [0.25, 0.3) is 0 Å². The minimum Gasteiger partial charge on any atom is -0.390 e. The normalized spacial score (nSPS) is 46.0. The van der Waals surface area contributed by atoms with Gasteiger partial charge in [0.1, 0.15) is 0 Å². The average molecular weight is 429 g/mol. The molecule has 1 N–H and O–H groups in total. The number of aliphatic hydroxyl groups is 1. The first kappa shape index (κ1) is 23.8. The third kappa shape index (κ3) is 4.20. The van der Waals surface area contributed by atoms with Crippen molar-refractivity contribution in [2.75, 3.05) is 0 Å². The van der Waals surface area contributed by atoms with Crippen LogP contribution in [0.25, 0.3) is 0 Å². The second-order valence-electron chi connectivity index (χ2n) is 14.0. The van der Waals surface area contributed by atoms with Gasteiger partial charge < -0.3 is 5.11 Å². The summed E-state index contributed by atoms with van der Waals surface area (Å²) in [5.41, 5.74) is 2.59. The Labute approximate surface area is 193 Å². The van der Waals surface area contributed by atoms with Crippen molar-refractivity contribution in [2.24, 2.45) is 45.8 Å². The van der Waals surface area contributed by atoms with E-state index in [0.29, 0.717) is 16.2 Å². The highest BCUT2D eigenvalue weighted by Gasteiger charge is 2.59. The Morgan fingerprint density at radius 3 is 2.52 bits per heavy atom. The van der Waals surface area contributed by atoms with Crippen LogP contribution in [0.15, 0.2) is 11.6 Å². The Morgan fingerprint density at radius 1 is 1.06 bits per heavy atom. The molecule has 4 aliphatic rings. The molecule has 0 unspecified atom stereocenters. The number of hydrogen-bond donors (Lipinski definition) is 1. The molecular formula is C30H52O. The predicted molar refractivity (Wildman–Crippen MR) is 133 cm³/mol. The standard InChI is InChI=1S/C30H52O/c1-8-27(3,4)16-9-10-21(2)24-13-14-25-23-12-11-22-20-28(5,31)18-19-29(22,6)26(23)15-17-30(24,25)7/h11,21,23-26,31H,8-10,12-20H2,1-7H3/t21-,23+,24-,25+,26+,28+,29+,30-/m1/s1. The maximum atomic E-state index is 10.7. The fourth-order valence-corrected chi connectivity index (χ4v) is 9.06. The SMILES string of the molecule is CCC(C)(C)CCC[C@@H](C)[C@H]1CC[C@H]2[C@@H]3CC=C4C[C@@](C)(O)CC[C@]4(C)[C@H]3CC[C@]12C. The first-order chi connectivity index (χ1) is 14.4. The van der Waals surface area contributed by atoms with Gasteiger partial charge in [-0.3, -0.25) is 0 Å². The summed E-state index contributed by atoms with van der Waals surface area (Å²) in [6.07, 6.45) is 18.4. The van der Waals surface area contributed by atoms with Crippen LogP contribution in [-0.2, 0) is 0 Å². The fourth-order valence-electron chi connectivity index (χ4n) is 9.06. The van der Waals surface area contributed by atoms with Gasteiger partial charge in [-0.05, 0) is 111 Å². The summed E-state index contributed by atoms with van der Waals surface area (Å²) in [6, 6.07) is 0. The van der Waals surface area contributed by atoms with Gasteiger partial charge in [0, 0.05) is 0 Å². The summed E-state index contributed by atoms with van der Waals surface area (Å²) in [4.78, 5) is 0. The van der Waals surface area contributed by atoms with Gasteiger partial charge in [0.2, 0.25) is 0 Å². The summed E-state index contributed by atoms with van der Waals surface area (Å²) >= 11 is 0. The zero-order valence-corrected chi connectivity index (χ0v) is 21.9. The van der Waals surface area contributed by atoms with Crippen molar-refractivity contribution < 1.29 is 5.11 Å². The van der Waals surface area contributed by atoms with Crippen LogP contribution in [0.2, 0.25) is 0 Å². The molecule has 4 rings (SSSR count). The fraction of sp³-hybridized carbons (Fsp3) is 0.933. The van der Waals surface area contributed by atoms with E-state index >= 15 is 0 Å². The predicted octanol–water partition coefficient (Wildman–Crippen LogP) is 8.56. The molecule has 1 nitrogen and oxygen atoms in total. The number of rotatable bonds is 6. The molecule has 3 saturated carbocycles. The lowest BCUT2D eigenvalue weighted by atomic mass is 9.46. The lowest BCUT2D eigenvalue weighted by molar-refractivity contribution is -0.0706. The Bertz CT molecular complexity index is 687. The zero-order valence-electron chi connectivity index (χ0n) is 21.9. The smallest absolute Gasteiger partial charge is 0.0657 e. The molecule has 0 aromatic carbocycles. The first-order valence-electron chi connectivity index (χ1n) is 13.8. The molecule has 0 radical (unpaired) electrons. The van der Waals surface area contributed by atoms with Crippen LogP contribution in [0.5, 0.6) is 0 Å². The van der Waals surface area contributed by atoms with E-state index in [1.54, 1.807) is 5.57 Å². The van der Waals surface area contributed by atoms with Gasteiger partial charge in [-0.25, -0.2) is 0 Å². The summed E-state index contributed by atoms with van der Waals surface area (Å²) in [5.74, 6) is 4.51. The summed E-state index contributed by atoms with van der Waals surface area (Å²) in [6.45, 7) is 17.2. The van der Waals surface area contributed by atoms with Crippen LogP contribution in [-0.4, -0.2) is 10.7 Å². The molecule has 0 saturated heterocycles. The largest absolute Gasteiger partial charge is 0.390 e. The van der Waals surface area contributed by atoms with E-state index in [4.69, 9.17) is 0 Å². The number of hydrogen-bond acceptors (Lipinski definition) is 1. The summed E-state index contributed by atoms with van der Waals surface area (Å²) in [5, 5.41) is 10.7. The quantitative estimate of drug-likeness (QED) is 0.420. The Hall–Kier alpha value is -0.300. The molecule has 0 bridgehead atoms. The molecule has 1 heteroatoms. The van der Waals surface area contributed by atoms with Crippen LogP contribution >= 0.6 is 0 Å². The second kappa shape index (κ2) is 8.18. The molecule has 0 aromatic rings. The number of allylic oxidation sites excluding steroid dienone is 1. The molecular weight excluding hydrogens is 376 g/mol. The topological polar surface area (TPSA) is 20.2 Å². The molecule has 4 aliphatic carbocycles. The van der Waals surface area contributed by atoms with E-state index in [2.05, 4.69) is 54.5 Å². The van der Waals surface area contributed by atoms with Gasteiger partial charge >= 0.3 is 0 Å². The van der Waals surface area contributed by atoms with Crippen molar-refractivity contribution in [3.8, 4) is 0 Å². The highest BCUT2D eigenvalue weighted by atomic mass is 16.3. The minimum absolute atomic E-state index is 0.363. The Kier molecular flexibility index (Phi) is 6.29. The molecule has 0 spiro atoms.